The first-order chi connectivity index (χ1) is 5.82. The van der Waals surface area contributed by atoms with E-state index in [2.05, 4.69) is 5.32 Å². The number of nitrogens with zero attached hydrogens (tertiary/aromatic N) is 2. The average molecular weight is 209 g/mol. The number of carbonyl (C=O) groups excluding carboxylic acids is 1. The van der Waals surface area contributed by atoms with Gasteiger partial charge >= 0.3 is 0 Å². The molecular weight excluding hydrogens is 194 g/mol. The molecule has 1 amide bonds. The lowest BCUT2D eigenvalue weighted by Crippen LogP contribution is -2.42. The third-order valence-corrected chi connectivity index (χ3v) is 3.34. The van der Waals surface area contributed by atoms with Gasteiger partial charge in [0.2, 0.25) is 5.91 Å². The monoisotopic (exact) mass is 209 g/mol. The highest BCUT2D eigenvalue weighted by atomic mass is 32.2. The summed E-state index contributed by atoms with van der Waals surface area (Å²) in [6, 6.07) is 0. The minimum Gasteiger partial charge on any atom is -0.358 e. The summed E-state index contributed by atoms with van der Waals surface area (Å²) in [5, 5.41) is 2.34. The van der Waals surface area contributed by atoms with Crippen molar-refractivity contribution in [2.45, 2.75) is 0 Å². The summed E-state index contributed by atoms with van der Waals surface area (Å²) >= 11 is 0. The van der Waals surface area contributed by atoms with Gasteiger partial charge in [-0.1, -0.05) is 0 Å². The molecule has 0 aliphatic heterocycles. The van der Waals surface area contributed by atoms with Crippen molar-refractivity contribution in [3.63, 3.8) is 0 Å². The van der Waals surface area contributed by atoms with Crippen LogP contribution in [0, 0.1) is 0 Å². The summed E-state index contributed by atoms with van der Waals surface area (Å²) in [6.07, 6.45) is 0. The molecule has 0 fully saturated rings. The third kappa shape index (κ3) is 3.29. The molecule has 0 spiro atoms. The molecular formula is C6H15N3O3S. The molecule has 0 aromatic heterocycles. The molecule has 0 aliphatic carbocycles. The fourth-order valence-electron chi connectivity index (χ4n) is 0.642. The van der Waals surface area contributed by atoms with Gasteiger partial charge in [-0.15, -0.1) is 0 Å². The van der Waals surface area contributed by atoms with E-state index in [0.29, 0.717) is 0 Å². The van der Waals surface area contributed by atoms with E-state index in [9.17, 15) is 13.2 Å². The number of hydrogen-bond donors (Lipinski definition) is 1. The van der Waals surface area contributed by atoms with Gasteiger partial charge in [0.1, 0.15) is 0 Å². The van der Waals surface area contributed by atoms with Crippen molar-refractivity contribution in [1.29, 1.82) is 0 Å². The lowest BCUT2D eigenvalue weighted by molar-refractivity contribution is -0.120. The first-order valence-electron chi connectivity index (χ1n) is 3.66. The van der Waals surface area contributed by atoms with Crippen LogP contribution in [0.4, 0.5) is 0 Å². The fraction of sp³-hybridized carbons (Fsp3) is 0.833. The van der Waals surface area contributed by atoms with Gasteiger partial charge in [0.05, 0.1) is 6.54 Å². The third-order valence-electron chi connectivity index (χ3n) is 1.50. The van der Waals surface area contributed by atoms with Gasteiger partial charge in [-0.05, 0) is 0 Å². The quantitative estimate of drug-likeness (QED) is 0.610. The Morgan fingerprint density at radius 1 is 1.31 bits per heavy atom. The Morgan fingerprint density at radius 3 is 2.08 bits per heavy atom. The van der Waals surface area contributed by atoms with Gasteiger partial charge in [-0.2, -0.15) is 17.0 Å². The molecule has 0 aromatic carbocycles. The summed E-state index contributed by atoms with van der Waals surface area (Å²) in [7, 11) is 2.16. The Balaban J connectivity index is 4.44. The highest BCUT2D eigenvalue weighted by Crippen LogP contribution is 1.99. The largest absolute Gasteiger partial charge is 0.358 e. The number of rotatable bonds is 4. The van der Waals surface area contributed by atoms with Gasteiger partial charge in [-0.25, -0.2) is 0 Å². The Hall–Kier alpha value is -0.660. The molecule has 0 aliphatic rings. The first-order valence-corrected chi connectivity index (χ1v) is 5.06. The van der Waals surface area contributed by atoms with Gasteiger partial charge in [0.25, 0.3) is 10.2 Å². The van der Waals surface area contributed by atoms with Crippen molar-refractivity contribution >= 4 is 16.1 Å². The van der Waals surface area contributed by atoms with E-state index in [4.69, 9.17) is 0 Å². The number of hydrogen-bond acceptors (Lipinski definition) is 3. The van der Waals surface area contributed by atoms with Crippen molar-refractivity contribution in [2.75, 3.05) is 34.7 Å². The van der Waals surface area contributed by atoms with Crippen molar-refractivity contribution in [2.24, 2.45) is 0 Å². The molecule has 0 rings (SSSR count). The lowest BCUT2D eigenvalue weighted by atomic mass is 10.6. The van der Waals surface area contributed by atoms with E-state index in [1.165, 1.54) is 28.2 Å². The maximum Gasteiger partial charge on any atom is 0.281 e. The van der Waals surface area contributed by atoms with Crippen LogP contribution in [0.5, 0.6) is 0 Å². The van der Waals surface area contributed by atoms with Crippen LogP contribution in [-0.2, 0) is 15.0 Å². The predicted molar refractivity (Wildman–Crippen MR) is 49.3 cm³/mol. The molecule has 6 nitrogen and oxygen atoms in total. The van der Waals surface area contributed by atoms with Crippen LogP contribution < -0.4 is 5.32 Å². The molecule has 13 heavy (non-hydrogen) atoms. The standard InChI is InChI=1S/C6H15N3O3S/c1-7-6(10)5-9(4)13(11,12)8(2)3/h5H2,1-4H3,(H,7,10). The molecule has 0 saturated heterocycles. The summed E-state index contributed by atoms with van der Waals surface area (Å²) in [5.41, 5.74) is 0. The molecule has 0 heterocycles. The van der Waals surface area contributed by atoms with E-state index in [1.807, 2.05) is 0 Å². The zero-order chi connectivity index (χ0) is 10.6. The number of likely N-dealkylation sites (N-methyl/N-ethyl adjacent to an activating group) is 2. The molecule has 0 radical (unpaired) electrons. The lowest BCUT2D eigenvalue weighted by Gasteiger charge is -2.20. The Kier molecular flexibility index (Phi) is 4.31. The SMILES string of the molecule is CNC(=O)CN(C)S(=O)(=O)N(C)C. The average Bonchev–Trinajstić information content (AvgIpc) is 2.03. The Labute approximate surface area is 78.7 Å². The molecule has 0 bridgehead atoms. The van der Waals surface area contributed by atoms with Crippen LogP contribution in [-0.4, -0.2) is 57.7 Å². The highest BCUT2D eigenvalue weighted by molar-refractivity contribution is 7.86. The van der Waals surface area contributed by atoms with Gasteiger partial charge in [0.15, 0.2) is 0 Å². The maximum absolute atomic E-state index is 11.4. The van der Waals surface area contributed by atoms with Gasteiger partial charge in [0, 0.05) is 28.2 Å². The predicted octanol–water partition coefficient (Wildman–Crippen LogP) is -1.53. The van der Waals surface area contributed by atoms with Crippen LogP contribution >= 0.6 is 0 Å². The second-order valence-electron chi connectivity index (χ2n) is 2.72. The number of carbonyl (C=O) groups is 1. The zero-order valence-corrected chi connectivity index (χ0v) is 9.05. The highest BCUT2D eigenvalue weighted by Gasteiger charge is 2.21. The molecule has 0 saturated carbocycles. The number of amides is 1. The van der Waals surface area contributed by atoms with Gasteiger partial charge in [-0.3, -0.25) is 4.79 Å². The van der Waals surface area contributed by atoms with Crippen molar-refractivity contribution in [3.05, 3.63) is 0 Å². The van der Waals surface area contributed by atoms with E-state index in [1.54, 1.807) is 0 Å². The second-order valence-corrected chi connectivity index (χ2v) is 4.97. The van der Waals surface area contributed by atoms with Crippen LogP contribution in [0.1, 0.15) is 0 Å². The molecule has 7 heteroatoms. The zero-order valence-electron chi connectivity index (χ0n) is 8.23. The maximum atomic E-state index is 11.4. The van der Waals surface area contributed by atoms with Gasteiger partial charge < -0.3 is 5.32 Å². The minimum atomic E-state index is -3.48. The number of nitrogens with one attached hydrogen (secondary N) is 1. The topological polar surface area (TPSA) is 69.7 Å². The first kappa shape index (κ1) is 12.3. The van der Waals surface area contributed by atoms with E-state index < -0.39 is 10.2 Å². The Bertz CT molecular complexity index is 273. The second kappa shape index (κ2) is 4.54. The van der Waals surface area contributed by atoms with Crippen molar-refractivity contribution < 1.29 is 13.2 Å². The van der Waals surface area contributed by atoms with E-state index in [0.717, 1.165) is 8.61 Å². The summed E-state index contributed by atoms with van der Waals surface area (Å²) < 4.78 is 24.7. The van der Waals surface area contributed by atoms with E-state index >= 15 is 0 Å². The van der Waals surface area contributed by atoms with Crippen LogP contribution in [0.15, 0.2) is 0 Å². The molecule has 0 unspecified atom stereocenters. The summed E-state index contributed by atoms with van der Waals surface area (Å²) in [5.74, 6) is -0.340. The fourth-order valence-corrected chi connectivity index (χ4v) is 1.48. The molecule has 1 N–H and O–H groups in total. The van der Waals surface area contributed by atoms with Crippen LogP contribution in [0.25, 0.3) is 0 Å². The smallest absolute Gasteiger partial charge is 0.281 e. The van der Waals surface area contributed by atoms with E-state index in [-0.39, 0.29) is 12.5 Å². The minimum absolute atomic E-state index is 0.170. The normalized spacial score (nSPS) is 12.2. The van der Waals surface area contributed by atoms with Crippen molar-refractivity contribution in [3.8, 4) is 0 Å². The molecule has 0 aromatic rings. The van der Waals surface area contributed by atoms with Crippen LogP contribution in [0.3, 0.4) is 0 Å². The molecule has 78 valence electrons. The van der Waals surface area contributed by atoms with Crippen molar-refractivity contribution in [1.82, 2.24) is 13.9 Å². The van der Waals surface area contributed by atoms with Crippen LogP contribution in [0.2, 0.25) is 0 Å². The summed E-state index contributed by atoms with van der Waals surface area (Å²) in [4.78, 5) is 10.9. The molecule has 0 atom stereocenters. The summed E-state index contributed by atoms with van der Waals surface area (Å²) in [6.45, 7) is -0.170. The Morgan fingerprint density at radius 2 is 1.77 bits per heavy atom.